The average Bonchev–Trinajstić information content (AvgIpc) is 2.89. The van der Waals surface area contributed by atoms with E-state index in [0.29, 0.717) is 13.1 Å². The van der Waals surface area contributed by atoms with Gasteiger partial charge in [-0.2, -0.15) is 0 Å². The standard InChI is InChI=1S/C13H20N2O3S/c14-8-11-3-1-4-12(7-11)10-19(16,17)15-9-13-5-2-6-18-13/h1,3-4,7,13,15H,2,5-6,8-10,14H2. The van der Waals surface area contributed by atoms with E-state index in [0.717, 1.165) is 30.6 Å². The average molecular weight is 284 g/mol. The summed E-state index contributed by atoms with van der Waals surface area (Å²) in [5, 5.41) is 0. The van der Waals surface area contributed by atoms with Crippen molar-refractivity contribution in [2.24, 2.45) is 5.73 Å². The fourth-order valence-corrected chi connectivity index (χ4v) is 3.30. The van der Waals surface area contributed by atoms with Crippen LogP contribution in [0.25, 0.3) is 0 Å². The summed E-state index contributed by atoms with van der Waals surface area (Å²) in [5.41, 5.74) is 7.23. The van der Waals surface area contributed by atoms with Gasteiger partial charge in [0.25, 0.3) is 0 Å². The molecule has 1 atom stereocenters. The number of benzene rings is 1. The topological polar surface area (TPSA) is 81.4 Å². The maximum Gasteiger partial charge on any atom is 0.215 e. The highest BCUT2D eigenvalue weighted by molar-refractivity contribution is 7.88. The summed E-state index contributed by atoms with van der Waals surface area (Å²) in [4.78, 5) is 0. The van der Waals surface area contributed by atoms with Crippen LogP contribution in [0.1, 0.15) is 24.0 Å². The number of hydrogen-bond acceptors (Lipinski definition) is 4. The predicted octanol–water partition coefficient (Wildman–Crippen LogP) is 0.744. The minimum absolute atomic E-state index is 0.0187. The first kappa shape index (κ1) is 14.5. The number of sulfonamides is 1. The third kappa shape index (κ3) is 4.58. The zero-order chi connectivity index (χ0) is 13.7. The minimum Gasteiger partial charge on any atom is -0.377 e. The second kappa shape index (κ2) is 6.47. The van der Waals surface area contributed by atoms with Crippen molar-refractivity contribution in [3.8, 4) is 0 Å². The molecule has 1 unspecified atom stereocenters. The van der Waals surface area contributed by atoms with E-state index in [1.165, 1.54) is 0 Å². The van der Waals surface area contributed by atoms with Crippen LogP contribution < -0.4 is 10.5 Å². The monoisotopic (exact) mass is 284 g/mol. The van der Waals surface area contributed by atoms with Crippen molar-refractivity contribution in [3.05, 3.63) is 35.4 Å². The Morgan fingerprint density at radius 3 is 2.84 bits per heavy atom. The van der Waals surface area contributed by atoms with Crippen molar-refractivity contribution >= 4 is 10.0 Å². The van der Waals surface area contributed by atoms with E-state index in [1.54, 1.807) is 6.07 Å². The highest BCUT2D eigenvalue weighted by atomic mass is 32.2. The predicted molar refractivity (Wildman–Crippen MR) is 73.9 cm³/mol. The Kier molecular flexibility index (Phi) is 4.93. The van der Waals surface area contributed by atoms with Crippen LogP contribution in [0.3, 0.4) is 0 Å². The maximum atomic E-state index is 12.0. The van der Waals surface area contributed by atoms with Gasteiger partial charge in [-0.05, 0) is 24.0 Å². The molecule has 0 aliphatic carbocycles. The summed E-state index contributed by atoms with van der Waals surface area (Å²) in [6, 6.07) is 7.33. The largest absolute Gasteiger partial charge is 0.377 e. The van der Waals surface area contributed by atoms with Gasteiger partial charge < -0.3 is 10.5 Å². The van der Waals surface area contributed by atoms with Crippen molar-refractivity contribution in [1.29, 1.82) is 0 Å². The van der Waals surface area contributed by atoms with Crippen molar-refractivity contribution < 1.29 is 13.2 Å². The summed E-state index contributed by atoms with van der Waals surface area (Å²) in [5.74, 6) is -0.0203. The van der Waals surface area contributed by atoms with Gasteiger partial charge in [0, 0.05) is 19.7 Å². The molecule has 1 aliphatic rings. The molecule has 1 aliphatic heterocycles. The minimum atomic E-state index is -3.32. The molecule has 1 fully saturated rings. The number of hydrogen-bond donors (Lipinski definition) is 2. The second-order valence-electron chi connectivity index (χ2n) is 4.77. The lowest BCUT2D eigenvalue weighted by molar-refractivity contribution is 0.114. The van der Waals surface area contributed by atoms with Gasteiger partial charge >= 0.3 is 0 Å². The van der Waals surface area contributed by atoms with E-state index in [1.807, 2.05) is 18.2 Å². The van der Waals surface area contributed by atoms with Gasteiger partial charge in [0.15, 0.2) is 0 Å². The highest BCUT2D eigenvalue weighted by Gasteiger charge is 2.19. The molecule has 0 aromatic heterocycles. The molecule has 1 saturated heterocycles. The normalized spacial score (nSPS) is 19.7. The van der Waals surface area contributed by atoms with Crippen molar-refractivity contribution in [2.45, 2.75) is 31.2 Å². The van der Waals surface area contributed by atoms with Gasteiger partial charge in [-0.3, -0.25) is 0 Å². The van der Waals surface area contributed by atoms with E-state index in [-0.39, 0.29) is 11.9 Å². The fourth-order valence-electron chi connectivity index (χ4n) is 2.14. The van der Waals surface area contributed by atoms with Gasteiger partial charge in [0.05, 0.1) is 11.9 Å². The lowest BCUT2D eigenvalue weighted by atomic mass is 10.1. The number of ether oxygens (including phenoxy) is 1. The fraction of sp³-hybridized carbons (Fsp3) is 0.538. The molecule has 3 N–H and O–H groups in total. The zero-order valence-electron chi connectivity index (χ0n) is 10.8. The third-order valence-electron chi connectivity index (χ3n) is 3.14. The quantitative estimate of drug-likeness (QED) is 0.807. The zero-order valence-corrected chi connectivity index (χ0v) is 11.7. The summed E-state index contributed by atoms with van der Waals surface area (Å²) in [6.07, 6.45) is 1.95. The third-order valence-corrected chi connectivity index (χ3v) is 4.46. The smallest absolute Gasteiger partial charge is 0.215 e. The Labute approximate surface area is 114 Å². The summed E-state index contributed by atoms with van der Waals surface area (Å²) in [6.45, 7) is 1.50. The van der Waals surface area contributed by atoms with Gasteiger partial charge in [-0.1, -0.05) is 24.3 Å². The highest BCUT2D eigenvalue weighted by Crippen LogP contribution is 2.12. The molecular formula is C13H20N2O3S. The number of nitrogens with two attached hydrogens (primary N) is 1. The first-order valence-electron chi connectivity index (χ1n) is 6.46. The Morgan fingerprint density at radius 2 is 2.16 bits per heavy atom. The molecule has 0 spiro atoms. The molecular weight excluding hydrogens is 264 g/mol. The van der Waals surface area contributed by atoms with Crippen molar-refractivity contribution in [2.75, 3.05) is 13.2 Å². The molecule has 0 amide bonds. The molecule has 0 saturated carbocycles. The van der Waals surface area contributed by atoms with Gasteiger partial charge in [-0.25, -0.2) is 13.1 Å². The van der Waals surface area contributed by atoms with E-state index >= 15 is 0 Å². The number of rotatable bonds is 6. The van der Waals surface area contributed by atoms with Crippen LogP contribution in [-0.2, 0) is 27.1 Å². The van der Waals surface area contributed by atoms with E-state index in [2.05, 4.69) is 4.72 Å². The van der Waals surface area contributed by atoms with Crippen LogP contribution in [-0.4, -0.2) is 27.7 Å². The lowest BCUT2D eigenvalue weighted by Gasteiger charge is -2.11. The van der Waals surface area contributed by atoms with Crippen LogP contribution in [0.15, 0.2) is 24.3 Å². The van der Waals surface area contributed by atoms with E-state index < -0.39 is 10.0 Å². The van der Waals surface area contributed by atoms with Gasteiger partial charge in [-0.15, -0.1) is 0 Å². The lowest BCUT2D eigenvalue weighted by Crippen LogP contribution is -2.32. The SMILES string of the molecule is NCc1cccc(CS(=O)(=O)NCC2CCCO2)c1. The molecule has 19 heavy (non-hydrogen) atoms. The van der Waals surface area contributed by atoms with Crippen LogP contribution >= 0.6 is 0 Å². The maximum absolute atomic E-state index is 12.0. The molecule has 1 heterocycles. The Hall–Kier alpha value is -0.950. The van der Waals surface area contributed by atoms with Crippen LogP contribution in [0.2, 0.25) is 0 Å². The van der Waals surface area contributed by atoms with Crippen molar-refractivity contribution in [3.63, 3.8) is 0 Å². The Morgan fingerprint density at radius 1 is 1.37 bits per heavy atom. The van der Waals surface area contributed by atoms with E-state index in [9.17, 15) is 8.42 Å². The molecule has 6 heteroatoms. The van der Waals surface area contributed by atoms with Crippen molar-refractivity contribution in [1.82, 2.24) is 4.72 Å². The summed E-state index contributed by atoms with van der Waals surface area (Å²) < 4.78 is 31.9. The molecule has 1 aromatic carbocycles. The van der Waals surface area contributed by atoms with E-state index in [4.69, 9.17) is 10.5 Å². The first-order valence-corrected chi connectivity index (χ1v) is 8.11. The Balaban J connectivity index is 1.91. The Bertz CT molecular complexity index is 510. The summed E-state index contributed by atoms with van der Waals surface area (Å²) >= 11 is 0. The van der Waals surface area contributed by atoms with Crippen LogP contribution in [0, 0.1) is 0 Å². The molecule has 1 aromatic rings. The van der Waals surface area contributed by atoms with Crippen LogP contribution in [0.4, 0.5) is 0 Å². The first-order chi connectivity index (χ1) is 9.09. The number of nitrogens with one attached hydrogen (secondary N) is 1. The van der Waals surface area contributed by atoms with Crippen LogP contribution in [0.5, 0.6) is 0 Å². The van der Waals surface area contributed by atoms with Gasteiger partial charge in [0.2, 0.25) is 10.0 Å². The van der Waals surface area contributed by atoms with Gasteiger partial charge in [0.1, 0.15) is 0 Å². The second-order valence-corrected chi connectivity index (χ2v) is 6.57. The molecule has 106 valence electrons. The summed E-state index contributed by atoms with van der Waals surface area (Å²) in [7, 11) is -3.32. The molecule has 0 bridgehead atoms. The molecule has 0 radical (unpaired) electrons. The molecule has 2 rings (SSSR count). The molecule has 5 nitrogen and oxygen atoms in total.